The van der Waals surface area contributed by atoms with Crippen molar-refractivity contribution in [1.29, 1.82) is 0 Å². The van der Waals surface area contributed by atoms with Gasteiger partial charge in [0, 0.05) is 12.2 Å². The summed E-state index contributed by atoms with van der Waals surface area (Å²) in [5.41, 5.74) is 1.06. The van der Waals surface area contributed by atoms with Crippen molar-refractivity contribution in [1.82, 2.24) is 9.97 Å². The van der Waals surface area contributed by atoms with E-state index in [9.17, 15) is 9.59 Å². The summed E-state index contributed by atoms with van der Waals surface area (Å²) >= 11 is 0. The second kappa shape index (κ2) is 5.76. The highest BCUT2D eigenvalue weighted by Gasteiger charge is 2.18. The molecule has 0 aliphatic heterocycles. The summed E-state index contributed by atoms with van der Waals surface area (Å²) in [5.74, 6) is 1.54. The number of hydrogen-bond donors (Lipinski definition) is 3. The molecule has 0 spiro atoms. The number of nitrogens with one attached hydrogen (secondary N) is 3. The summed E-state index contributed by atoms with van der Waals surface area (Å²) in [7, 11) is 0. The van der Waals surface area contributed by atoms with Crippen LogP contribution in [0, 0.1) is 11.8 Å². The Bertz CT molecular complexity index is 747. The van der Waals surface area contributed by atoms with Gasteiger partial charge in [-0.1, -0.05) is 19.8 Å². The van der Waals surface area contributed by atoms with Gasteiger partial charge in [-0.2, -0.15) is 0 Å². The lowest BCUT2D eigenvalue weighted by molar-refractivity contribution is 0.293. The van der Waals surface area contributed by atoms with Gasteiger partial charge in [-0.3, -0.25) is 9.59 Å². The summed E-state index contributed by atoms with van der Waals surface area (Å²) in [6.45, 7) is 3.28. The summed E-state index contributed by atoms with van der Waals surface area (Å²) in [4.78, 5) is 27.8. The number of hydrogen-bond acceptors (Lipinski definition) is 3. The lowest BCUT2D eigenvalue weighted by Crippen LogP contribution is -2.28. The molecule has 5 heteroatoms. The molecule has 112 valence electrons. The van der Waals surface area contributed by atoms with Gasteiger partial charge in [0.2, 0.25) is 0 Å². The molecule has 0 radical (unpaired) electrons. The maximum atomic E-state index is 11.4. The van der Waals surface area contributed by atoms with Crippen LogP contribution in [0.2, 0.25) is 0 Å². The van der Waals surface area contributed by atoms with Crippen LogP contribution in [-0.2, 0) is 0 Å². The number of rotatable bonds is 3. The van der Waals surface area contributed by atoms with E-state index in [2.05, 4.69) is 22.2 Å². The molecule has 1 aromatic carbocycles. The van der Waals surface area contributed by atoms with E-state index in [1.807, 2.05) is 18.2 Å². The van der Waals surface area contributed by atoms with Crippen LogP contribution < -0.4 is 16.4 Å². The number of aromatic amines is 2. The fourth-order valence-electron chi connectivity index (χ4n) is 3.23. The molecule has 2 aromatic rings. The fourth-order valence-corrected chi connectivity index (χ4v) is 3.23. The Hall–Kier alpha value is -2.04. The van der Waals surface area contributed by atoms with Gasteiger partial charge in [0.1, 0.15) is 0 Å². The molecule has 1 saturated carbocycles. The Morgan fingerprint density at radius 1 is 1.14 bits per heavy atom. The highest BCUT2D eigenvalue weighted by atomic mass is 16.2. The first kappa shape index (κ1) is 13.9. The van der Waals surface area contributed by atoms with Crippen LogP contribution in [0.3, 0.4) is 0 Å². The van der Waals surface area contributed by atoms with E-state index in [4.69, 9.17) is 0 Å². The van der Waals surface area contributed by atoms with E-state index in [1.165, 1.54) is 25.7 Å². The van der Waals surface area contributed by atoms with Gasteiger partial charge in [0.15, 0.2) is 0 Å². The van der Waals surface area contributed by atoms with E-state index >= 15 is 0 Å². The predicted molar refractivity (Wildman–Crippen MR) is 84.8 cm³/mol. The Kier molecular flexibility index (Phi) is 3.82. The highest BCUT2D eigenvalue weighted by molar-refractivity contribution is 5.78. The molecule has 2 atom stereocenters. The smallest absolute Gasteiger partial charge is 0.314 e. The third kappa shape index (κ3) is 3.17. The molecular weight excluding hydrogens is 266 g/mol. The zero-order valence-electron chi connectivity index (χ0n) is 12.2. The molecule has 0 amide bonds. The fraction of sp³-hybridized carbons (Fsp3) is 0.500. The average Bonchev–Trinajstić information content (AvgIpc) is 2.46. The first-order chi connectivity index (χ1) is 10.1. The summed E-state index contributed by atoms with van der Waals surface area (Å²) in [6.07, 6.45) is 5.24. The Labute approximate surface area is 122 Å². The topological polar surface area (TPSA) is 77.8 Å². The first-order valence-corrected chi connectivity index (χ1v) is 7.62. The lowest BCUT2D eigenvalue weighted by Gasteiger charge is -2.27. The van der Waals surface area contributed by atoms with Gasteiger partial charge < -0.3 is 15.3 Å². The molecule has 1 aliphatic carbocycles. The monoisotopic (exact) mass is 287 g/mol. The van der Waals surface area contributed by atoms with Crippen LogP contribution >= 0.6 is 0 Å². The quantitative estimate of drug-likeness (QED) is 0.759. The van der Waals surface area contributed by atoms with Crippen LogP contribution in [0.1, 0.15) is 32.6 Å². The minimum atomic E-state index is -0.612. The third-order valence-corrected chi connectivity index (χ3v) is 4.36. The summed E-state index contributed by atoms with van der Waals surface area (Å²) < 4.78 is 0. The van der Waals surface area contributed by atoms with Gasteiger partial charge in [0.05, 0.1) is 11.0 Å². The second-order valence-corrected chi connectivity index (χ2v) is 6.19. The number of fused-ring (bicyclic) bond motifs is 1. The van der Waals surface area contributed by atoms with E-state index in [0.717, 1.165) is 24.1 Å². The standard InChI is InChI=1S/C16H21N3O2/c1-10-3-2-4-11(7-10)9-17-12-5-6-13-14(8-12)19-16(21)15(20)18-13/h5-6,8,10-11,17H,2-4,7,9H2,1H3,(H,18,20)(H,19,21). The zero-order valence-corrected chi connectivity index (χ0v) is 12.2. The molecule has 21 heavy (non-hydrogen) atoms. The molecule has 1 fully saturated rings. The van der Waals surface area contributed by atoms with Crippen LogP contribution in [0.15, 0.2) is 27.8 Å². The molecule has 0 bridgehead atoms. The van der Waals surface area contributed by atoms with Crippen molar-refractivity contribution in [3.8, 4) is 0 Å². The Morgan fingerprint density at radius 2 is 1.90 bits per heavy atom. The Morgan fingerprint density at radius 3 is 2.67 bits per heavy atom. The molecule has 1 aliphatic rings. The number of benzene rings is 1. The molecular formula is C16H21N3O2. The van der Waals surface area contributed by atoms with Gasteiger partial charge in [-0.25, -0.2) is 0 Å². The Balaban J connectivity index is 1.74. The molecule has 1 heterocycles. The van der Waals surface area contributed by atoms with Crippen LogP contribution in [0.5, 0.6) is 0 Å². The first-order valence-electron chi connectivity index (χ1n) is 7.62. The van der Waals surface area contributed by atoms with Crippen molar-refractivity contribution < 1.29 is 0 Å². The molecule has 5 nitrogen and oxygen atoms in total. The molecule has 3 N–H and O–H groups in total. The molecule has 3 rings (SSSR count). The largest absolute Gasteiger partial charge is 0.385 e. The van der Waals surface area contributed by atoms with E-state index in [0.29, 0.717) is 11.0 Å². The number of H-pyrrole nitrogens is 2. The SMILES string of the molecule is CC1CCCC(CNc2ccc3[nH]c(=O)c(=O)[nH]c3c2)C1. The van der Waals surface area contributed by atoms with Gasteiger partial charge in [0.25, 0.3) is 0 Å². The average molecular weight is 287 g/mol. The van der Waals surface area contributed by atoms with Gasteiger partial charge >= 0.3 is 11.1 Å². The molecule has 0 saturated heterocycles. The highest BCUT2D eigenvalue weighted by Crippen LogP contribution is 2.28. The molecule has 1 aromatic heterocycles. The lowest BCUT2D eigenvalue weighted by atomic mass is 9.82. The predicted octanol–water partition coefficient (Wildman–Crippen LogP) is 2.45. The minimum absolute atomic E-state index is 0.610. The van der Waals surface area contributed by atoms with Crippen LogP contribution in [0.25, 0.3) is 11.0 Å². The zero-order chi connectivity index (χ0) is 14.8. The van der Waals surface area contributed by atoms with Crippen molar-refractivity contribution >= 4 is 16.7 Å². The van der Waals surface area contributed by atoms with Crippen molar-refractivity contribution in [2.24, 2.45) is 11.8 Å². The second-order valence-electron chi connectivity index (χ2n) is 6.19. The number of anilines is 1. The van der Waals surface area contributed by atoms with E-state index in [-0.39, 0.29) is 0 Å². The summed E-state index contributed by atoms with van der Waals surface area (Å²) in [6, 6.07) is 5.63. The maximum Gasteiger partial charge on any atom is 0.314 e. The van der Waals surface area contributed by atoms with Gasteiger partial charge in [-0.05, 0) is 42.9 Å². The van der Waals surface area contributed by atoms with Crippen molar-refractivity contribution in [2.45, 2.75) is 32.6 Å². The van der Waals surface area contributed by atoms with Crippen molar-refractivity contribution in [3.63, 3.8) is 0 Å². The normalized spacial score (nSPS) is 22.3. The number of aromatic nitrogens is 2. The van der Waals surface area contributed by atoms with Gasteiger partial charge in [-0.15, -0.1) is 0 Å². The van der Waals surface area contributed by atoms with Crippen molar-refractivity contribution in [2.75, 3.05) is 11.9 Å². The maximum absolute atomic E-state index is 11.4. The summed E-state index contributed by atoms with van der Waals surface area (Å²) in [5, 5.41) is 3.45. The van der Waals surface area contributed by atoms with Crippen LogP contribution in [-0.4, -0.2) is 16.5 Å². The molecule has 2 unspecified atom stereocenters. The van der Waals surface area contributed by atoms with E-state index < -0.39 is 11.1 Å². The van der Waals surface area contributed by atoms with Crippen LogP contribution in [0.4, 0.5) is 5.69 Å². The van der Waals surface area contributed by atoms with Crippen molar-refractivity contribution in [3.05, 3.63) is 38.9 Å². The third-order valence-electron chi connectivity index (χ3n) is 4.36. The van der Waals surface area contributed by atoms with E-state index in [1.54, 1.807) is 0 Å². The minimum Gasteiger partial charge on any atom is -0.385 e.